The quantitative estimate of drug-likeness (QED) is 0.0195. The maximum Gasteiger partial charge on any atom is 0.306 e. The molecular formula is C72H135NO8. The van der Waals surface area contributed by atoms with Crippen LogP contribution in [-0.2, 0) is 33.3 Å². The predicted octanol–water partition coefficient (Wildman–Crippen LogP) is 20.3. The van der Waals surface area contributed by atoms with Crippen LogP contribution < -0.4 is 5.11 Å². The fraction of sp³-hybridized carbons (Fsp3) is 0.875. The molecule has 81 heavy (non-hydrogen) atoms. The lowest BCUT2D eigenvalue weighted by molar-refractivity contribution is -0.870. The predicted molar refractivity (Wildman–Crippen MR) is 343 cm³/mol. The molecule has 2 atom stereocenters. The highest BCUT2D eigenvalue weighted by Crippen LogP contribution is 2.18. The van der Waals surface area contributed by atoms with Crippen LogP contribution in [0.15, 0.2) is 36.5 Å². The summed E-state index contributed by atoms with van der Waals surface area (Å²) in [4.78, 5) is 37.4. The van der Waals surface area contributed by atoms with Crippen molar-refractivity contribution in [1.29, 1.82) is 0 Å². The van der Waals surface area contributed by atoms with Gasteiger partial charge in [-0.15, -0.1) is 0 Å². The second-order valence-electron chi connectivity index (χ2n) is 25.2. The van der Waals surface area contributed by atoms with Gasteiger partial charge in [0.15, 0.2) is 12.4 Å². The molecule has 476 valence electrons. The molecule has 0 aliphatic rings. The molecular weight excluding hydrogens is 1010 g/mol. The zero-order chi connectivity index (χ0) is 59.1. The lowest BCUT2D eigenvalue weighted by Gasteiger charge is -2.26. The van der Waals surface area contributed by atoms with Gasteiger partial charge in [0.05, 0.1) is 40.3 Å². The smallest absolute Gasteiger partial charge is 0.306 e. The summed E-state index contributed by atoms with van der Waals surface area (Å²) in [5.74, 6) is -2.26. The van der Waals surface area contributed by atoms with Gasteiger partial charge in [-0.1, -0.05) is 301 Å². The third-order valence-electron chi connectivity index (χ3n) is 15.9. The average Bonchev–Trinajstić information content (AvgIpc) is 3.44. The van der Waals surface area contributed by atoms with Gasteiger partial charge in [-0.05, 0) is 70.6 Å². The van der Waals surface area contributed by atoms with Gasteiger partial charge in [-0.2, -0.15) is 0 Å². The number of ether oxygens (including phenoxy) is 4. The summed E-state index contributed by atoms with van der Waals surface area (Å²) < 4.78 is 22.8. The molecule has 0 radical (unpaired) electrons. The highest BCUT2D eigenvalue weighted by atomic mass is 16.7. The Bertz CT molecular complexity index is 1420. The second-order valence-corrected chi connectivity index (χ2v) is 25.2. The second kappa shape index (κ2) is 63.5. The average molecular weight is 1140 g/mol. The van der Waals surface area contributed by atoms with Gasteiger partial charge in [0, 0.05) is 12.8 Å². The number of hydrogen-bond donors (Lipinski definition) is 0. The number of nitrogens with zero attached hydrogens (tertiary/aromatic N) is 1. The number of esters is 2. The Morgan fingerprint density at radius 1 is 0.370 bits per heavy atom. The molecule has 0 fully saturated rings. The van der Waals surface area contributed by atoms with E-state index in [-0.39, 0.29) is 32.2 Å². The van der Waals surface area contributed by atoms with E-state index in [2.05, 4.69) is 50.3 Å². The molecule has 0 aromatic heterocycles. The molecule has 0 rings (SSSR count). The third kappa shape index (κ3) is 64.9. The van der Waals surface area contributed by atoms with Gasteiger partial charge in [0.1, 0.15) is 13.2 Å². The molecule has 0 amide bonds. The minimum Gasteiger partial charge on any atom is -0.545 e. The standard InChI is InChI=1S/C72H135NO8/c1-6-8-10-12-14-16-18-20-22-24-25-26-27-28-29-30-31-32-33-34-35-36-37-38-39-40-41-42-43-44-45-47-49-51-53-55-57-59-61-63-70(75)81-68(67-80-72(71(76)77)78-65-64-73(3,4)5)66-79-69(74)62-60-58-56-54-52-50-48-46-23-21-19-17-15-13-11-9-7-2/h18,20-21,23-25,68,72H,6-17,19,22,26-67H2,1-5H3/b20-18-,23-21-,25-24-. The van der Waals surface area contributed by atoms with Gasteiger partial charge in [-0.3, -0.25) is 9.59 Å². The maximum atomic E-state index is 12.9. The number of quaternary nitrogens is 1. The monoisotopic (exact) mass is 1140 g/mol. The molecule has 0 bridgehead atoms. The minimum atomic E-state index is -1.62. The van der Waals surface area contributed by atoms with Crippen LogP contribution in [0.25, 0.3) is 0 Å². The number of carboxylic acids is 1. The molecule has 0 aliphatic carbocycles. The van der Waals surface area contributed by atoms with E-state index in [1.807, 2.05) is 21.1 Å². The van der Waals surface area contributed by atoms with Crippen LogP contribution in [0.4, 0.5) is 0 Å². The summed E-state index contributed by atoms with van der Waals surface area (Å²) in [5, 5.41) is 11.8. The van der Waals surface area contributed by atoms with E-state index in [0.29, 0.717) is 17.4 Å². The molecule has 0 aromatic rings. The molecule has 0 aromatic carbocycles. The Labute approximate surface area is 502 Å². The number of likely N-dealkylation sites (N-methyl/N-ethyl adjacent to an activating group) is 1. The number of rotatable bonds is 66. The van der Waals surface area contributed by atoms with Gasteiger partial charge >= 0.3 is 11.9 Å². The number of hydrogen-bond acceptors (Lipinski definition) is 8. The molecule has 9 heteroatoms. The molecule has 2 unspecified atom stereocenters. The molecule has 0 saturated carbocycles. The SMILES string of the molecule is CCCCCCC/C=C\C/C=C\CCCCCCCCCCCCCCCCCCCCCCCCCCCCCC(=O)OC(COC(=O)CCCCCCCCC/C=C\CCCCCCCC)COC(OCC[N+](C)(C)C)C(=O)[O-]. The van der Waals surface area contributed by atoms with Crippen LogP contribution in [0.5, 0.6) is 0 Å². The van der Waals surface area contributed by atoms with Crippen LogP contribution in [0.3, 0.4) is 0 Å². The number of allylic oxidation sites excluding steroid dienone is 6. The molecule has 0 spiro atoms. The maximum absolute atomic E-state index is 12.9. The van der Waals surface area contributed by atoms with E-state index in [1.165, 1.54) is 276 Å². The van der Waals surface area contributed by atoms with Crippen molar-refractivity contribution in [3.05, 3.63) is 36.5 Å². The number of carboxylic acid groups (broad SMARTS) is 1. The Morgan fingerprint density at radius 2 is 0.667 bits per heavy atom. The highest BCUT2D eigenvalue weighted by Gasteiger charge is 2.22. The van der Waals surface area contributed by atoms with Crippen LogP contribution in [0.2, 0.25) is 0 Å². The lowest BCUT2D eigenvalue weighted by Crippen LogP contribution is -2.44. The van der Waals surface area contributed by atoms with Crippen LogP contribution in [-0.4, -0.2) is 82.3 Å². The summed E-state index contributed by atoms with van der Waals surface area (Å²) >= 11 is 0. The molecule has 0 aliphatic heterocycles. The molecule has 0 heterocycles. The largest absolute Gasteiger partial charge is 0.545 e. The van der Waals surface area contributed by atoms with Crippen LogP contribution in [0.1, 0.15) is 348 Å². The summed E-state index contributed by atoms with van der Waals surface area (Å²) in [6, 6.07) is 0. The van der Waals surface area contributed by atoms with Crippen LogP contribution in [0, 0.1) is 0 Å². The topological polar surface area (TPSA) is 111 Å². The molecule has 0 saturated heterocycles. The number of carbonyl (C=O) groups excluding carboxylic acids is 3. The van der Waals surface area contributed by atoms with Crippen molar-refractivity contribution in [1.82, 2.24) is 0 Å². The Hall–Kier alpha value is -2.49. The van der Waals surface area contributed by atoms with Gasteiger partial charge in [0.2, 0.25) is 0 Å². The van der Waals surface area contributed by atoms with E-state index in [9.17, 15) is 19.5 Å². The number of unbranched alkanes of at least 4 members (excludes halogenated alkanes) is 45. The summed E-state index contributed by atoms with van der Waals surface area (Å²) in [6.07, 6.45) is 76.8. The van der Waals surface area contributed by atoms with E-state index < -0.39 is 24.3 Å². The van der Waals surface area contributed by atoms with Gasteiger partial charge in [-0.25, -0.2) is 0 Å². The van der Waals surface area contributed by atoms with Gasteiger partial charge < -0.3 is 33.3 Å². The molecule has 0 N–H and O–H groups in total. The van der Waals surface area contributed by atoms with Crippen molar-refractivity contribution in [3.63, 3.8) is 0 Å². The Morgan fingerprint density at radius 3 is 0.988 bits per heavy atom. The zero-order valence-electron chi connectivity index (χ0n) is 54.4. The Balaban J connectivity index is 3.94. The first-order valence-electron chi connectivity index (χ1n) is 35.1. The first kappa shape index (κ1) is 78.5. The highest BCUT2D eigenvalue weighted by molar-refractivity contribution is 5.70. The molecule has 9 nitrogen and oxygen atoms in total. The van der Waals surface area contributed by atoms with E-state index in [4.69, 9.17) is 18.9 Å². The van der Waals surface area contributed by atoms with Crippen molar-refractivity contribution in [3.8, 4) is 0 Å². The first-order chi connectivity index (χ1) is 39.6. The summed E-state index contributed by atoms with van der Waals surface area (Å²) in [6.45, 7) is 4.78. The summed E-state index contributed by atoms with van der Waals surface area (Å²) in [7, 11) is 5.94. The van der Waals surface area contributed by atoms with E-state index >= 15 is 0 Å². The van der Waals surface area contributed by atoms with E-state index in [1.54, 1.807) is 0 Å². The number of aliphatic carboxylic acids is 1. The fourth-order valence-electron chi connectivity index (χ4n) is 10.4. The van der Waals surface area contributed by atoms with Crippen molar-refractivity contribution < 1.29 is 42.9 Å². The van der Waals surface area contributed by atoms with Crippen molar-refractivity contribution in [2.75, 3.05) is 47.5 Å². The fourth-order valence-corrected chi connectivity index (χ4v) is 10.4. The van der Waals surface area contributed by atoms with Gasteiger partial charge in [0.25, 0.3) is 0 Å². The minimum absolute atomic E-state index is 0.150. The first-order valence-corrected chi connectivity index (χ1v) is 35.1. The number of carbonyl (C=O) groups is 3. The van der Waals surface area contributed by atoms with Crippen molar-refractivity contribution >= 4 is 17.9 Å². The normalized spacial score (nSPS) is 12.9. The Kier molecular flexibility index (Phi) is 61.6. The van der Waals surface area contributed by atoms with Crippen molar-refractivity contribution in [2.45, 2.75) is 360 Å². The lowest BCUT2D eigenvalue weighted by atomic mass is 10.0. The van der Waals surface area contributed by atoms with Crippen LogP contribution >= 0.6 is 0 Å². The third-order valence-corrected chi connectivity index (χ3v) is 15.9. The summed E-state index contributed by atoms with van der Waals surface area (Å²) in [5.41, 5.74) is 0. The van der Waals surface area contributed by atoms with E-state index in [0.717, 1.165) is 44.9 Å². The van der Waals surface area contributed by atoms with Crippen molar-refractivity contribution in [2.24, 2.45) is 0 Å². The zero-order valence-corrected chi connectivity index (χ0v) is 54.4.